The van der Waals surface area contributed by atoms with E-state index in [2.05, 4.69) is 5.32 Å². The number of nitrogens with one attached hydrogen (secondary N) is 1. The summed E-state index contributed by atoms with van der Waals surface area (Å²) in [6.45, 7) is 1.97. The smallest absolute Gasteiger partial charge is 0.265 e. The van der Waals surface area contributed by atoms with Gasteiger partial charge in [-0.1, -0.05) is 49.7 Å². The molecule has 3 aromatic carbocycles. The predicted octanol–water partition coefficient (Wildman–Crippen LogP) is 4.73. The van der Waals surface area contributed by atoms with Gasteiger partial charge in [0, 0.05) is 23.6 Å². The molecule has 0 saturated heterocycles. The number of pyridine rings is 1. The number of anilines is 1. The number of rotatable bonds is 8. The Morgan fingerprint density at radius 2 is 1.77 bits per heavy atom. The van der Waals surface area contributed by atoms with Crippen molar-refractivity contribution in [3.8, 4) is 16.9 Å². The minimum absolute atomic E-state index is 0.256. The lowest BCUT2D eigenvalue weighted by atomic mass is 10.1. The van der Waals surface area contributed by atoms with E-state index in [1.165, 1.54) is 18.6 Å². The maximum Gasteiger partial charge on any atom is 0.265 e. The molecule has 0 aliphatic rings. The van der Waals surface area contributed by atoms with E-state index in [-0.39, 0.29) is 10.8 Å². The van der Waals surface area contributed by atoms with Crippen molar-refractivity contribution in [2.75, 3.05) is 11.6 Å². The number of benzene rings is 3. The topological polar surface area (TPSA) is 99.4 Å². The number of hydrogen-bond donors (Lipinski definition) is 1. The zero-order valence-electron chi connectivity index (χ0n) is 19.5. The average molecular weight is 491 g/mol. The molecule has 180 valence electrons. The van der Waals surface area contributed by atoms with Crippen LogP contribution in [0.5, 0.6) is 5.75 Å². The fraction of sp³-hybridized carbons (Fsp3) is 0.185. The van der Waals surface area contributed by atoms with Crippen molar-refractivity contribution in [3.63, 3.8) is 0 Å². The highest BCUT2D eigenvalue weighted by Gasteiger charge is 2.20. The van der Waals surface area contributed by atoms with Crippen LogP contribution in [-0.4, -0.2) is 26.7 Å². The first-order chi connectivity index (χ1) is 16.7. The maximum absolute atomic E-state index is 13.0. The largest absolute Gasteiger partial charge is 0.619 e. The van der Waals surface area contributed by atoms with Crippen molar-refractivity contribution in [2.24, 2.45) is 0 Å². The number of carbonyl (C=O) groups is 1. The van der Waals surface area contributed by atoms with E-state index in [0.717, 1.165) is 27.5 Å². The lowest BCUT2D eigenvalue weighted by Gasteiger charge is -2.19. The van der Waals surface area contributed by atoms with Gasteiger partial charge in [-0.2, -0.15) is 4.73 Å². The molecule has 0 radical (unpaired) electrons. The lowest BCUT2D eigenvalue weighted by molar-refractivity contribution is -0.603. The van der Waals surface area contributed by atoms with E-state index in [9.17, 15) is 18.4 Å². The summed E-state index contributed by atoms with van der Waals surface area (Å²) in [7, 11) is -3.38. The lowest BCUT2D eigenvalue weighted by Crippen LogP contribution is -2.33. The first-order valence-corrected chi connectivity index (χ1v) is 13.1. The summed E-state index contributed by atoms with van der Waals surface area (Å²) in [5.74, 6) is 0.216. The Balaban J connectivity index is 1.51. The SMILES string of the molecule is CCCC(Oc1ccc2cc[n+]([O-])cc2c1)C(=O)Nc1ccc(-c2ccccc2S(C)(=O)=O)cc1. The second-order valence-corrected chi connectivity index (χ2v) is 10.3. The summed E-state index contributed by atoms with van der Waals surface area (Å²) in [4.78, 5) is 13.3. The molecule has 1 aromatic heterocycles. The number of amides is 1. The van der Waals surface area contributed by atoms with E-state index in [0.29, 0.717) is 23.4 Å². The second-order valence-electron chi connectivity index (χ2n) is 8.33. The van der Waals surface area contributed by atoms with Crippen molar-refractivity contribution in [2.45, 2.75) is 30.8 Å². The molecule has 0 bridgehead atoms. The van der Waals surface area contributed by atoms with E-state index < -0.39 is 15.9 Å². The molecule has 7 nitrogen and oxygen atoms in total. The third-order valence-corrected chi connectivity index (χ3v) is 6.75. The molecule has 4 aromatic rings. The van der Waals surface area contributed by atoms with Gasteiger partial charge in [-0.3, -0.25) is 4.79 Å². The van der Waals surface area contributed by atoms with Crippen LogP contribution in [-0.2, 0) is 14.6 Å². The van der Waals surface area contributed by atoms with E-state index in [1.54, 1.807) is 66.7 Å². The highest BCUT2D eigenvalue weighted by atomic mass is 32.2. The monoisotopic (exact) mass is 490 g/mol. The summed E-state index contributed by atoms with van der Waals surface area (Å²) >= 11 is 0. The van der Waals surface area contributed by atoms with Crippen LogP contribution >= 0.6 is 0 Å². The first kappa shape index (κ1) is 24.2. The van der Waals surface area contributed by atoms with Crippen LogP contribution in [0.4, 0.5) is 5.69 Å². The van der Waals surface area contributed by atoms with Gasteiger partial charge in [0.25, 0.3) is 5.91 Å². The summed E-state index contributed by atoms with van der Waals surface area (Å²) in [6, 6.07) is 20.9. The summed E-state index contributed by atoms with van der Waals surface area (Å²) in [5.41, 5.74) is 1.92. The molecule has 8 heteroatoms. The third-order valence-electron chi connectivity index (χ3n) is 5.60. The van der Waals surface area contributed by atoms with Crippen LogP contribution in [0.1, 0.15) is 19.8 Å². The Morgan fingerprint density at radius 1 is 1.03 bits per heavy atom. The van der Waals surface area contributed by atoms with Crippen LogP contribution in [0.25, 0.3) is 21.9 Å². The summed E-state index contributed by atoms with van der Waals surface area (Å²) in [5, 5.41) is 16.1. The van der Waals surface area contributed by atoms with Crippen molar-refractivity contribution < 1.29 is 22.7 Å². The van der Waals surface area contributed by atoms with Crippen LogP contribution in [0.15, 0.2) is 90.1 Å². The Bertz CT molecular complexity index is 1470. The van der Waals surface area contributed by atoms with Crippen molar-refractivity contribution in [1.29, 1.82) is 0 Å². The Labute approximate surface area is 204 Å². The summed E-state index contributed by atoms with van der Waals surface area (Å²) in [6.07, 6.45) is 4.61. The molecule has 1 heterocycles. The van der Waals surface area contributed by atoms with Gasteiger partial charge in [-0.15, -0.1) is 0 Å². The Hall–Kier alpha value is -3.91. The molecule has 35 heavy (non-hydrogen) atoms. The molecule has 0 aliphatic heterocycles. The van der Waals surface area contributed by atoms with Crippen LogP contribution in [0.2, 0.25) is 0 Å². The zero-order chi connectivity index (χ0) is 25.0. The quantitative estimate of drug-likeness (QED) is 0.284. The highest BCUT2D eigenvalue weighted by molar-refractivity contribution is 7.90. The molecule has 0 aliphatic carbocycles. The van der Waals surface area contributed by atoms with Crippen molar-refractivity contribution in [1.82, 2.24) is 0 Å². The molecule has 0 saturated carbocycles. The molecule has 0 fully saturated rings. The molecular formula is C27H26N2O5S. The average Bonchev–Trinajstić information content (AvgIpc) is 2.83. The van der Waals surface area contributed by atoms with Gasteiger partial charge < -0.3 is 15.3 Å². The minimum Gasteiger partial charge on any atom is -0.619 e. The highest BCUT2D eigenvalue weighted by Crippen LogP contribution is 2.28. The van der Waals surface area contributed by atoms with Crippen molar-refractivity contribution in [3.05, 3.63) is 90.4 Å². The second kappa shape index (κ2) is 10.1. The van der Waals surface area contributed by atoms with Gasteiger partial charge >= 0.3 is 0 Å². The van der Waals surface area contributed by atoms with Gasteiger partial charge in [0.15, 0.2) is 28.3 Å². The number of hydrogen-bond acceptors (Lipinski definition) is 5. The van der Waals surface area contributed by atoms with E-state index in [4.69, 9.17) is 4.74 Å². The predicted molar refractivity (Wildman–Crippen MR) is 136 cm³/mol. The molecule has 1 amide bonds. The zero-order valence-corrected chi connectivity index (χ0v) is 20.3. The maximum atomic E-state index is 13.0. The fourth-order valence-corrected chi connectivity index (χ4v) is 4.79. The molecule has 1 unspecified atom stereocenters. The normalized spacial score (nSPS) is 12.3. The number of sulfone groups is 1. The van der Waals surface area contributed by atoms with Crippen LogP contribution < -0.4 is 14.8 Å². The van der Waals surface area contributed by atoms with Gasteiger partial charge in [-0.25, -0.2) is 8.42 Å². The van der Waals surface area contributed by atoms with Crippen LogP contribution in [0.3, 0.4) is 0 Å². The first-order valence-electron chi connectivity index (χ1n) is 11.2. The molecule has 0 spiro atoms. The van der Waals surface area contributed by atoms with Gasteiger partial charge in [0.2, 0.25) is 0 Å². The standard InChI is InChI=1S/C27H26N2O5S/c1-3-6-25(34-23-14-11-19-15-16-29(31)18-21(19)17-23)27(30)28-22-12-9-20(10-13-22)24-7-4-5-8-26(24)35(2,32)33/h4-5,7-18,25H,3,6H2,1-2H3,(H,28,30). The van der Waals surface area contributed by atoms with Gasteiger partial charge in [0.1, 0.15) is 5.75 Å². The number of carbonyl (C=O) groups excluding carboxylic acids is 1. The number of nitrogens with zero attached hydrogens (tertiary/aromatic N) is 1. The van der Waals surface area contributed by atoms with Crippen LogP contribution in [0, 0.1) is 5.21 Å². The Kier molecular flexibility index (Phi) is 7.02. The molecule has 1 N–H and O–H groups in total. The number of fused-ring (bicyclic) bond motifs is 1. The number of aromatic nitrogens is 1. The van der Waals surface area contributed by atoms with E-state index in [1.807, 2.05) is 13.0 Å². The molecule has 1 atom stereocenters. The molecule has 4 rings (SSSR count). The fourth-order valence-electron chi connectivity index (χ4n) is 3.88. The Morgan fingerprint density at radius 3 is 2.49 bits per heavy atom. The van der Waals surface area contributed by atoms with Gasteiger partial charge in [0.05, 0.1) is 10.3 Å². The van der Waals surface area contributed by atoms with Gasteiger partial charge in [-0.05, 0) is 47.7 Å². The number of ether oxygens (including phenoxy) is 1. The minimum atomic E-state index is -3.38. The van der Waals surface area contributed by atoms with Crippen molar-refractivity contribution >= 4 is 32.2 Å². The summed E-state index contributed by atoms with van der Waals surface area (Å²) < 4.78 is 31.0. The third kappa shape index (κ3) is 5.78. The molecular weight excluding hydrogens is 464 g/mol. The van der Waals surface area contributed by atoms with E-state index >= 15 is 0 Å².